The molecule has 1 aromatic carbocycles. The zero-order valence-corrected chi connectivity index (χ0v) is 16.0. The van der Waals surface area contributed by atoms with E-state index in [2.05, 4.69) is 10.6 Å². The van der Waals surface area contributed by atoms with Gasteiger partial charge in [-0.15, -0.1) is 0 Å². The molecular weight excluding hydrogens is 368 g/mol. The molecule has 0 saturated carbocycles. The van der Waals surface area contributed by atoms with Crippen LogP contribution >= 0.6 is 11.8 Å². The number of nitrogens with one attached hydrogen (secondary N) is 2. The lowest BCUT2D eigenvalue weighted by atomic mass is 10.0. The van der Waals surface area contributed by atoms with E-state index in [-0.39, 0.29) is 24.5 Å². The maximum atomic E-state index is 12.2. The smallest absolute Gasteiger partial charge is 0.338 e. The summed E-state index contributed by atoms with van der Waals surface area (Å²) in [5.74, 6) is -1.12. The normalized spacial score (nSPS) is 16.7. The molecule has 1 aliphatic heterocycles. The van der Waals surface area contributed by atoms with Crippen LogP contribution in [0, 0.1) is 0 Å². The molecular formula is C19H22N2O5S. The van der Waals surface area contributed by atoms with Gasteiger partial charge in [0.25, 0.3) is 0 Å². The van der Waals surface area contributed by atoms with Crippen LogP contribution in [-0.4, -0.2) is 37.2 Å². The average molecular weight is 390 g/mol. The van der Waals surface area contributed by atoms with Crippen LogP contribution < -0.4 is 10.6 Å². The molecule has 2 N–H and O–H groups in total. The summed E-state index contributed by atoms with van der Waals surface area (Å²) in [6.07, 6.45) is 1.80. The van der Waals surface area contributed by atoms with Crippen LogP contribution in [0.25, 0.3) is 0 Å². The molecule has 0 spiro atoms. The fourth-order valence-electron chi connectivity index (χ4n) is 2.43. The fraction of sp³-hybridized carbons (Fsp3) is 0.316. The molecule has 7 nitrogen and oxygen atoms in total. The van der Waals surface area contributed by atoms with Crippen molar-refractivity contribution in [3.05, 3.63) is 53.1 Å². The van der Waals surface area contributed by atoms with Gasteiger partial charge in [-0.05, 0) is 30.9 Å². The minimum atomic E-state index is -0.574. The number of esters is 2. The largest absolute Gasteiger partial charge is 0.463 e. The lowest BCUT2D eigenvalue weighted by Gasteiger charge is -2.28. The number of rotatable bonds is 8. The zero-order valence-electron chi connectivity index (χ0n) is 15.2. The number of benzene rings is 1. The van der Waals surface area contributed by atoms with Crippen molar-refractivity contribution in [3.63, 3.8) is 0 Å². The van der Waals surface area contributed by atoms with E-state index in [1.807, 2.05) is 37.3 Å². The summed E-state index contributed by atoms with van der Waals surface area (Å²) >= 11 is 1.38. The monoisotopic (exact) mass is 390 g/mol. The van der Waals surface area contributed by atoms with Crippen molar-refractivity contribution in [2.45, 2.75) is 31.2 Å². The molecule has 1 heterocycles. The molecule has 0 bridgehead atoms. The second-order valence-electron chi connectivity index (χ2n) is 5.51. The van der Waals surface area contributed by atoms with E-state index in [9.17, 15) is 14.4 Å². The highest BCUT2D eigenvalue weighted by atomic mass is 32.2. The average Bonchev–Trinajstić information content (AvgIpc) is 2.66. The van der Waals surface area contributed by atoms with E-state index in [1.165, 1.54) is 17.8 Å². The highest BCUT2D eigenvalue weighted by Gasteiger charge is 2.31. The first-order chi connectivity index (χ1) is 13.0. The summed E-state index contributed by atoms with van der Waals surface area (Å²) in [4.78, 5) is 36.9. The van der Waals surface area contributed by atoms with Gasteiger partial charge in [0.05, 0.1) is 23.9 Å². The van der Waals surface area contributed by atoms with Gasteiger partial charge in [0, 0.05) is 11.0 Å². The number of ether oxygens (including phenoxy) is 2. The summed E-state index contributed by atoms with van der Waals surface area (Å²) in [6, 6.07) is 8.63. The van der Waals surface area contributed by atoms with Gasteiger partial charge in [0.1, 0.15) is 6.61 Å². The minimum absolute atomic E-state index is 0.208. The Kier molecular flexibility index (Phi) is 7.94. The Morgan fingerprint density at radius 1 is 1.19 bits per heavy atom. The van der Waals surface area contributed by atoms with Crippen LogP contribution in [0.1, 0.15) is 20.3 Å². The van der Waals surface area contributed by atoms with Crippen LogP contribution in [0.15, 0.2) is 58.0 Å². The van der Waals surface area contributed by atoms with Gasteiger partial charge in [0.15, 0.2) is 0 Å². The first-order valence-corrected chi connectivity index (χ1v) is 9.45. The first kappa shape index (κ1) is 20.6. The summed E-state index contributed by atoms with van der Waals surface area (Å²) in [6.45, 7) is 3.52. The molecule has 144 valence electrons. The SMILES string of the molecule is CCOC(=O)C1=C(COC(=O)/C=C/Sc2ccccc2)NC(=O)N[C@@H]1CC. The molecule has 0 saturated heterocycles. The lowest BCUT2D eigenvalue weighted by Crippen LogP contribution is -2.51. The molecule has 1 aromatic rings. The number of carbonyl (C=O) groups excluding carboxylic acids is 3. The van der Waals surface area contributed by atoms with Crippen molar-refractivity contribution in [2.75, 3.05) is 13.2 Å². The number of hydrogen-bond donors (Lipinski definition) is 2. The van der Waals surface area contributed by atoms with E-state index in [1.54, 1.807) is 12.3 Å². The van der Waals surface area contributed by atoms with Crippen LogP contribution in [0.2, 0.25) is 0 Å². The Labute approximate surface area is 162 Å². The Balaban J connectivity index is 2.01. The van der Waals surface area contributed by atoms with E-state index in [0.717, 1.165) is 4.90 Å². The third-order valence-corrected chi connectivity index (χ3v) is 4.47. The van der Waals surface area contributed by atoms with Crippen LogP contribution in [0.3, 0.4) is 0 Å². The molecule has 2 amide bonds. The number of amides is 2. The molecule has 2 rings (SSSR count). The fourth-order valence-corrected chi connectivity index (χ4v) is 3.08. The molecule has 1 atom stereocenters. The maximum absolute atomic E-state index is 12.2. The number of carbonyl (C=O) groups is 3. The molecule has 0 radical (unpaired) electrons. The van der Waals surface area contributed by atoms with Crippen molar-refractivity contribution in [1.29, 1.82) is 0 Å². The van der Waals surface area contributed by atoms with Gasteiger partial charge in [-0.25, -0.2) is 14.4 Å². The molecule has 27 heavy (non-hydrogen) atoms. The summed E-state index contributed by atoms with van der Waals surface area (Å²) in [7, 11) is 0. The van der Waals surface area contributed by atoms with Gasteiger partial charge < -0.3 is 20.1 Å². The third kappa shape index (κ3) is 6.18. The van der Waals surface area contributed by atoms with E-state index in [0.29, 0.717) is 6.42 Å². The molecule has 0 fully saturated rings. The number of thioether (sulfide) groups is 1. The second kappa shape index (κ2) is 10.4. The highest BCUT2D eigenvalue weighted by molar-refractivity contribution is 8.02. The topological polar surface area (TPSA) is 93.7 Å². The molecule has 0 aromatic heterocycles. The standard InChI is InChI=1S/C19H22N2O5S/c1-3-14-17(18(23)25-4-2)15(21-19(24)20-14)12-26-16(22)10-11-27-13-8-6-5-7-9-13/h5-11,14H,3-4,12H2,1-2H3,(H2,20,21,24)/b11-10+/t14-/m1/s1. The van der Waals surface area contributed by atoms with Gasteiger partial charge >= 0.3 is 18.0 Å². The van der Waals surface area contributed by atoms with E-state index < -0.39 is 24.0 Å². The predicted molar refractivity (Wildman–Crippen MR) is 102 cm³/mol. The maximum Gasteiger partial charge on any atom is 0.338 e. The van der Waals surface area contributed by atoms with Crippen LogP contribution in [-0.2, 0) is 19.1 Å². The van der Waals surface area contributed by atoms with Gasteiger partial charge in [-0.3, -0.25) is 0 Å². The third-order valence-electron chi connectivity index (χ3n) is 3.66. The van der Waals surface area contributed by atoms with Gasteiger partial charge in [0.2, 0.25) is 0 Å². The van der Waals surface area contributed by atoms with Crippen LogP contribution in [0.5, 0.6) is 0 Å². The number of hydrogen-bond acceptors (Lipinski definition) is 6. The van der Waals surface area contributed by atoms with E-state index >= 15 is 0 Å². The Morgan fingerprint density at radius 2 is 1.93 bits per heavy atom. The Morgan fingerprint density at radius 3 is 2.59 bits per heavy atom. The van der Waals surface area contributed by atoms with Crippen LogP contribution in [0.4, 0.5) is 4.79 Å². The summed E-state index contributed by atoms with van der Waals surface area (Å²) in [5.41, 5.74) is 0.510. The highest BCUT2D eigenvalue weighted by Crippen LogP contribution is 2.19. The summed E-state index contributed by atoms with van der Waals surface area (Å²) < 4.78 is 10.2. The molecule has 0 unspecified atom stereocenters. The lowest BCUT2D eigenvalue weighted by molar-refractivity contribution is -0.140. The quantitative estimate of drug-likeness (QED) is 0.403. The van der Waals surface area contributed by atoms with Crippen molar-refractivity contribution >= 4 is 29.7 Å². The number of urea groups is 1. The minimum Gasteiger partial charge on any atom is -0.463 e. The predicted octanol–water partition coefficient (Wildman–Crippen LogP) is 2.74. The molecule has 0 aliphatic carbocycles. The van der Waals surface area contributed by atoms with Gasteiger partial charge in [-0.1, -0.05) is 36.9 Å². The van der Waals surface area contributed by atoms with Crippen molar-refractivity contribution in [3.8, 4) is 0 Å². The Hall–Kier alpha value is -2.74. The van der Waals surface area contributed by atoms with E-state index in [4.69, 9.17) is 9.47 Å². The van der Waals surface area contributed by atoms with Crippen molar-refractivity contribution in [2.24, 2.45) is 0 Å². The van der Waals surface area contributed by atoms with Crippen molar-refractivity contribution in [1.82, 2.24) is 10.6 Å². The first-order valence-electron chi connectivity index (χ1n) is 8.57. The summed E-state index contributed by atoms with van der Waals surface area (Å²) in [5, 5.41) is 6.81. The zero-order chi connectivity index (χ0) is 19.6. The Bertz CT molecular complexity index is 746. The van der Waals surface area contributed by atoms with Crippen molar-refractivity contribution < 1.29 is 23.9 Å². The second-order valence-corrected chi connectivity index (χ2v) is 6.49. The molecule has 8 heteroatoms. The molecule has 1 aliphatic rings. The van der Waals surface area contributed by atoms with Gasteiger partial charge in [-0.2, -0.15) is 0 Å².